The number of hydrogen-bond donors (Lipinski definition) is 2. The van der Waals surface area contributed by atoms with Gasteiger partial charge in [-0.25, -0.2) is 0 Å². The Kier molecular flexibility index (Phi) is 5.20. The Morgan fingerprint density at radius 1 is 1.40 bits per heavy atom. The SMILES string of the molecule is CC(=O)N1CC[C@H](NCc2ccc(-c3c(C)cc(Cl)cc3O)nn2)C1. The van der Waals surface area contributed by atoms with Crippen molar-refractivity contribution in [1.29, 1.82) is 0 Å². The van der Waals surface area contributed by atoms with Gasteiger partial charge in [-0.1, -0.05) is 11.6 Å². The van der Waals surface area contributed by atoms with Crippen molar-refractivity contribution in [3.05, 3.63) is 40.5 Å². The molecular weight excluding hydrogens is 340 g/mol. The molecule has 3 rings (SSSR count). The number of benzene rings is 1. The zero-order valence-corrected chi connectivity index (χ0v) is 15.0. The van der Waals surface area contributed by atoms with E-state index in [1.807, 2.05) is 24.0 Å². The first-order valence-corrected chi connectivity index (χ1v) is 8.63. The van der Waals surface area contributed by atoms with Crippen LogP contribution in [0, 0.1) is 6.92 Å². The van der Waals surface area contributed by atoms with Crippen LogP contribution in [0.4, 0.5) is 0 Å². The van der Waals surface area contributed by atoms with Crippen LogP contribution in [0.25, 0.3) is 11.3 Å². The summed E-state index contributed by atoms with van der Waals surface area (Å²) in [7, 11) is 0. The Labute approximate surface area is 151 Å². The molecule has 1 fully saturated rings. The van der Waals surface area contributed by atoms with E-state index in [-0.39, 0.29) is 17.7 Å². The van der Waals surface area contributed by atoms with E-state index >= 15 is 0 Å². The fourth-order valence-corrected chi connectivity index (χ4v) is 3.37. The smallest absolute Gasteiger partial charge is 0.219 e. The van der Waals surface area contributed by atoms with Gasteiger partial charge < -0.3 is 15.3 Å². The molecule has 0 saturated carbocycles. The number of halogens is 1. The van der Waals surface area contributed by atoms with Crippen LogP contribution < -0.4 is 5.32 Å². The number of aryl methyl sites for hydroxylation is 1. The monoisotopic (exact) mass is 360 g/mol. The van der Waals surface area contributed by atoms with Gasteiger partial charge in [-0.3, -0.25) is 4.79 Å². The van der Waals surface area contributed by atoms with E-state index < -0.39 is 0 Å². The topological polar surface area (TPSA) is 78.4 Å². The molecule has 0 spiro atoms. The van der Waals surface area contributed by atoms with Crippen LogP contribution in [0.5, 0.6) is 5.75 Å². The van der Waals surface area contributed by atoms with Gasteiger partial charge in [-0.15, -0.1) is 0 Å². The number of aromatic hydroxyl groups is 1. The molecule has 1 saturated heterocycles. The fourth-order valence-electron chi connectivity index (χ4n) is 3.11. The molecule has 132 valence electrons. The summed E-state index contributed by atoms with van der Waals surface area (Å²) in [5.74, 6) is 0.215. The summed E-state index contributed by atoms with van der Waals surface area (Å²) in [6.45, 7) is 5.60. The third-order valence-electron chi connectivity index (χ3n) is 4.46. The van der Waals surface area contributed by atoms with Gasteiger partial charge in [-0.05, 0) is 43.2 Å². The Balaban J connectivity index is 1.64. The second kappa shape index (κ2) is 7.37. The largest absolute Gasteiger partial charge is 0.507 e. The average molecular weight is 361 g/mol. The van der Waals surface area contributed by atoms with Crippen molar-refractivity contribution in [2.45, 2.75) is 32.9 Å². The molecule has 25 heavy (non-hydrogen) atoms. The Hall–Kier alpha value is -2.18. The third kappa shape index (κ3) is 4.08. The Morgan fingerprint density at radius 3 is 2.80 bits per heavy atom. The molecular formula is C18H21ClN4O2. The molecule has 0 aliphatic carbocycles. The molecule has 1 aromatic carbocycles. The highest BCUT2D eigenvalue weighted by atomic mass is 35.5. The van der Waals surface area contributed by atoms with Crippen LogP contribution in [0.1, 0.15) is 24.6 Å². The molecule has 1 atom stereocenters. The van der Waals surface area contributed by atoms with Crippen LogP contribution in [-0.4, -0.2) is 45.2 Å². The second-order valence-corrected chi connectivity index (χ2v) is 6.79. The van der Waals surface area contributed by atoms with E-state index in [0.29, 0.717) is 22.8 Å². The van der Waals surface area contributed by atoms with Crippen molar-refractivity contribution in [3.8, 4) is 17.0 Å². The highest BCUT2D eigenvalue weighted by Crippen LogP contribution is 2.33. The molecule has 1 aliphatic rings. The molecule has 0 bridgehead atoms. The van der Waals surface area contributed by atoms with Crippen LogP contribution >= 0.6 is 11.6 Å². The number of phenolic OH excluding ortho intramolecular Hbond substituents is 1. The standard InChI is InChI=1S/C18H21ClN4O2/c1-11-7-13(19)8-17(25)18(11)16-4-3-14(21-22-16)9-20-15-5-6-23(10-15)12(2)24/h3-4,7-8,15,20,25H,5-6,9-10H2,1-2H3/t15-/m0/s1. The van der Waals surface area contributed by atoms with E-state index in [2.05, 4.69) is 15.5 Å². The number of likely N-dealkylation sites (tertiary alicyclic amines) is 1. The number of phenols is 1. The maximum Gasteiger partial charge on any atom is 0.219 e. The average Bonchev–Trinajstić information content (AvgIpc) is 3.02. The first-order valence-electron chi connectivity index (χ1n) is 8.25. The highest BCUT2D eigenvalue weighted by molar-refractivity contribution is 6.31. The summed E-state index contributed by atoms with van der Waals surface area (Å²) in [5, 5.41) is 22.5. The first-order chi connectivity index (χ1) is 11.9. The molecule has 2 aromatic rings. The van der Waals surface area contributed by atoms with Crippen LogP contribution in [0.3, 0.4) is 0 Å². The molecule has 2 heterocycles. The number of nitrogens with one attached hydrogen (secondary N) is 1. The summed E-state index contributed by atoms with van der Waals surface area (Å²) in [6.07, 6.45) is 0.947. The lowest BCUT2D eigenvalue weighted by atomic mass is 10.0. The summed E-state index contributed by atoms with van der Waals surface area (Å²) >= 11 is 5.94. The second-order valence-electron chi connectivity index (χ2n) is 6.36. The van der Waals surface area contributed by atoms with E-state index in [4.69, 9.17) is 11.6 Å². The first kappa shape index (κ1) is 17.6. The normalized spacial score (nSPS) is 17.1. The van der Waals surface area contributed by atoms with Crippen LogP contribution in [0.2, 0.25) is 5.02 Å². The predicted octanol–water partition coefficient (Wildman–Crippen LogP) is 2.52. The maximum atomic E-state index is 11.4. The summed E-state index contributed by atoms with van der Waals surface area (Å²) in [6, 6.07) is 7.31. The number of aromatic nitrogens is 2. The van der Waals surface area contributed by atoms with Crippen molar-refractivity contribution < 1.29 is 9.90 Å². The Morgan fingerprint density at radius 2 is 2.20 bits per heavy atom. The molecule has 6 nitrogen and oxygen atoms in total. The fraction of sp³-hybridized carbons (Fsp3) is 0.389. The summed E-state index contributed by atoms with van der Waals surface area (Å²) in [4.78, 5) is 13.2. The van der Waals surface area contributed by atoms with E-state index in [0.717, 1.165) is 30.8 Å². The highest BCUT2D eigenvalue weighted by Gasteiger charge is 2.23. The van der Waals surface area contributed by atoms with Crippen molar-refractivity contribution in [3.63, 3.8) is 0 Å². The molecule has 7 heteroatoms. The summed E-state index contributed by atoms with van der Waals surface area (Å²) in [5.41, 5.74) is 2.92. The molecule has 1 amide bonds. The number of amides is 1. The minimum absolute atomic E-state index is 0.0976. The van der Waals surface area contributed by atoms with Gasteiger partial charge in [0.05, 0.1) is 11.4 Å². The van der Waals surface area contributed by atoms with Gasteiger partial charge in [0.25, 0.3) is 0 Å². The minimum Gasteiger partial charge on any atom is -0.507 e. The zero-order chi connectivity index (χ0) is 18.0. The maximum absolute atomic E-state index is 11.4. The number of rotatable bonds is 4. The van der Waals surface area contributed by atoms with Crippen LogP contribution in [0.15, 0.2) is 24.3 Å². The van der Waals surface area contributed by atoms with Crippen molar-refractivity contribution in [1.82, 2.24) is 20.4 Å². The van der Waals surface area contributed by atoms with Gasteiger partial charge in [0.15, 0.2) is 0 Å². The quantitative estimate of drug-likeness (QED) is 0.876. The van der Waals surface area contributed by atoms with Crippen molar-refractivity contribution in [2.24, 2.45) is 0 Å². The van der Waals surface area contributed by atoms with E-state index in [1.165, 1.54) is 6.07 Å². The number of hydrogen-bond acceptors (Lipinski definition) is 5. The van der Waals surface area contributed by atoms with E-state index in [9.17, 15) is 9.90 Å². The minimum atomic E-state index is 0.0976. The third-order valence-corrected chi connectivity index (χ3v) is 4.68. The predicted molar refractivity (Wildman–Crippen MR) is 96.4 cm³/mol. The van der Waals surface area contributed by atoms with Gasteiger partial charge in [0, 0.05) is 43.2 Å². The van der Waals surface area contributed by atoms with Gasteiger partial charge >= 0.3 is 0 Å². The lowest BCUT2D eigenvalue weighted by Gasteiger charge is -2.15. The molecule has 1 aromatic heterocycles. The number of nitrogens with zero attached hydrogens (tertiary/aromatic N) is 3. The lowest BCUT2D eigenvalue weighted by Crippen LogP contribution is -2.34. The van der Waals surface area contributed by atoms with Gasteiger partial charge in [-0.2, -0.15) is 10.2 Å². The van der Waals surface area contributed by atoms with Gasteiger partial charge in [0.1, 0.15) is 5.75 Å². The Bertz CT molecular complexity index is 756. The molecule has 1 aliphatic heterocycles. The summed E-state index contributed by atoms with van der Waals surface area (Å²) < 4.78 is 0. The van der Waals surface area contributed by atoms with Crippen molar-refractivity contribution in [2.75, 3.05) is 13.1 Å². The molecule has 0 radical (unpaired) electrons. The van der Waals surface area contributed by atoms with E-state index in [1.54, 1.807) is 13.0 Å². The molecule has 2 N–H and O–H groups in total. The molecule has 0 unspecified atom stereocenters. The number of carbonyl (C=O) groups is 1. The van der Waals surface area contributed by atoms with Gasteiger partial charge in [0.2, 0.25) is 5.91 Å². The van der Waals surface area contributed by atoms with Crippen molar-refractivity contribution >= 4 is 17.5 Å². The van der Waals surface area contributed by atoms with Crippen LogP contribution in [-0.2, 0) is 11.3 Å². The lowest BCUT2D eigenvalue weighted by molar-refractivity contribution is -0.127. The zero-order valence-electron chi connectivity index (χ0n) is 14.3. The number of carbonyl (C=O) groups excluding carboxylic acids is 1.